The topological polar surface area (TPSA) is 80.9 Å². The molecule has 2 heterocycles. The lowest BCUT2D eigenvalue weighted by atomic mass is 10.3. The van der Waals surface area contributed by atoms with Gasteiger partial charge in [0.25, 0.3) is 5.91 Å². The summed E-state index contributed by atoms with van der Waals surface area (Å²) in [5.41, 5.74) is 7.29. The second-order valence-corrected chi connectivity index (χ2v) is 4.97. The summed E-state index contributed by atoms with van der Waals surface area (Å²) >= 11 is 1.46. The fourth-order valence-electron chi connectivity index (χ4n) is 1.57. The number of nitrogen functional groups attached to an aromatic ring is 1. The lowest BCUT2D eigenvalue weighted by molar-refractivity contribution is 0.102. The zero-order chi connectivity index (χ0) is 13.1. The van der Waals surface area contributed by atoms with Crippen molar-refractivity contribution in [1.82, 2.24) is 9.97 Å². The fourth-order valence-corrected chi connectivity index (χ4v) is 2.47. The van der Waals surface area contributed by atoms with E-state index in [0.29, 0.717) is 10.8 Å². The molecule has 0 aromatic carbocycles. The lowest BCUT2D eigenvalue weighted by Gasteiger charge is -2.03. The highest BCUT2D eigenvalue weighted by atomic mass is 32.1. The van der Waals surface area contributed by atoms with Crippen molar-refractivity contribution in [3.8, 4) is 0 Å². The van der Waals surface area contributed by atoms with E-state index >= 15 is 0 Å². The van der Waals surface area contributed by atoms with Crippen LogP contribution in [0.25, 0.3) is 0 Å². The molecule has 0 fully saturated rings. The van der Waals surface area contributed by atoms with Gasteiger partial charge in [-0.05, 0) is 25.5 Å². The maximum atomic E-state index is 12.0. The second kappa shape index (κ2) is 5.14. The Hall–Kier alpha value is -1.95. The first-order valence-corrected chi connectivity index (χ1v) is 6.41. The standard InChI is InChI=1S/C12H14N4OS/c1-3-9-7(2)18-12(15-9)16-11(17)10-8(13)5-4-6-14-10/h4-6H,3,13H2,1-2H3,(H,15,16,17). The molecule has 0 saturated carbocycles. The van der Waals surface area contributed by atoms with Crippen LogP contribution in [0.5, 0.6) is 0 Å². The van der Waals surface area contributed by atoms with Crippen LogP contribution >= 0.6 is 11.3 Å². The number of aryl methyl sites for hydroxylation is 2. The molecular formula is C12H14N4OS. The summed E-state index contributed by atoms with van der Waals surface area (Å²) in [6, 6.07) is 3.33. The van der Waals surface area contributed by atoms with Gasteiger partial charge in [-0.15, -0.1) is 11.3 Å². The fraction of sp³-hybridized carbons (Fsp3) is 0.250. The van der Waals surface area contributed by atoms with Gasteiger partial charge in [-0.25, -0.2) is 9.97 Å². The first kappa shape index (κ1) is 12.5. The van der Waals surface area contributed by atoms with Crippen molar-refractivity contribution in [2.75, 3.05) is 11.1 Å². The minimum absolute atomic E-state index is 0.225. The molecule has 1 amide bonds. The number of amides is 1. The van der Waals surface area contributed by atoms with Crippen molar-refractivity contribution in [1.29, 1.82) is 0 Å². The summed E-state index contributed by atoms with van der Waals surface area (Å²) < 4.78 is 0. The van der Waals surface area contributed by atoms with Crippen molar-refractivity contribution in [3.63, 3.8) is 0 Å². The lowest BCUT2D eigenvalue weighted by Crippen LogP contribution is -2.15. The molecule has 0 aliphatic rings. The zero-order valence-electron chi connectivity index (χ0n) is 10.2. The third-order valence-electron chi connectivity index (χ3n) is 2.50. The van der Waals surface area contributed by atoms with Gasteiger partial charge in [0, 0.05) is 11.1 Å². The number of hydrogen-bond acceptors (Lipinski definition) is 5. The average molecular weight is 262 g/mol. The number of carbonyl (C=O) groups is 1. The van der Waals surface area contributed by atoms with E-state index in [9.17, 15) is 4.79 Å². The van der Waals surface area contributed by atoms with E-state index in [1.165, 1.54) is 17.5 Å². The summed E-state index contributed by atoms with van der Waals surface area (Å²) in [6.07, 6.45) is 2.39. The van der Waals surface area contributed by atoms with E-state index in [2.05, 4.69) is 15.3 Å². The molecule has 0 unspecified atom stereocenters. The number of nitrogens with two attached hydrogens (primary N) is 1. The molecule has 5 nitrogen and oxygen atoms in total. The van der Waals surface area contributed by atoms with Gasteiger partial charge in [0.1, 0.15) is 0 Å². The van der Waals surface area contributed by atoms with Crippen LogP contribution < -0.4 is 11.1 Å². The van der Waals surface area contributed by atoms with Gasteiger partial charge >= 0.3 is 0 Å². The smallest absolute Gasteiger partial charge is 0.278 e. The van der Waals surface area contributed by atoms with E-state index < -0.39 is 0 Å². The average Bonchev–Trinajstić information content (AvgIpc) is 2.69. The van der Waals surface area contributed by atoms with Crippen molar-refractivity contribution in [2.45, 2.75) is 20.3 Å². The number of anilines is 2. The van der Waals surface area contributed by atoms with E-state index in [4.69, 9.17) is 5.73 Å². The third kappa shape index (κ3) is 2.48. The van der Waals surface area contributed by atoms with Crippen LogP contribution in [-0.4, -0.2) is 15.9 Å². The van der Waals surface area contributed by atoms with Crippen molar-refractivity contribution < 1.29 is 4.79 Å². The zero-order valence-corrected chi connectivity index (χ0v) is 11.0. The maximum Gasteiger partial charge on any atom is 0.278 e. The van der Waals surface area contributed by atoms with Crippen LogP contribution in [0.4, 0.5) is 10.8 Å². The number of pyridine rings is 1. The summed E-state index contributed by atoms with van der Waals surface area (Å²) in [4.78, 5) is 21.4. The van der Waals surface area contributed by atoms with Gasteiger partial charge in [0.2, 0.25) is 0 Å². The minimum atomic E-state index is -0.329. The number of rotatable bonds is 3. The Morgan fingerprint density at radius 3 is 2.94 bits per heavy atom. The van der Waals surface area contributed by atoms with E-state index in [1.54, 1.807) is 12.1 Å². The molecule has 2 aromatic rings. The molecule has 0 aliphatic carbocycles. The van der Waals surface area contributed by atoms with Crippen molar-refractivity contribution in [3.05, 3.63) is 34.6 Å². The number of nitrogens with zero attached hydrogens (tertiary/aromatic N) is 2. The first-order valence-electron chi connectivity index (χ1n) is 5.60. The predicted molar refractivity (Wildman–Crippen MR) is 72.8 cm³/mol. The molecule has 0 bridgehead atoms. The van der Waals surface area contributed by atoms with E-state index in [0.717, 1.165) is 17.0 Å². The Morgan fingerprint density at radius 1 is 1.56 bits per heavy atom. The highest BCUT2D eigenvalue weighted by molar-refractivity contribution is 7.15. The van der Waals surface area contributed by atoms with Gasteiger partial charge < -0.3 is 5.73 Å². The van der Waals surface area contributed by atoms with Crippen molar-refractivity contribution >= 4 is 28.1 Å². The Labute approximate surface area is 109 Å². The SMILES string of the molecule is CCc1nc(NC(=O)c2ncccc2N)sc1C. The van der Waals surface area contributed by atoms with Gasteiger partial charge in [0.15, 0.2) is 10.8 Å². The number of aromatic nitrogens is 2. The maximum absolute atomic E-state index is 12.0. The summed E-state index contributed by atoms with van der Waals surface area (Å²) in [6.45, 7) is 4.02. The summed E-state index contributed by atoms with van der Waals surface area (Å²) in [7, 11) is 0. The summed E-state index contributed by atoms with van der Waals surface area (Å²) in [5, 5.41) is 3.30. The molecule has 0 saturated heterocycles. The monoisotopic (exact) mass is 262 g/mol. The normalized spacial score (nSPS) is 10.3. The van der Waals surface area contributed by atoms with Crippen LogP contribution in [-0.2, 0) is 6.42 Å². The Bertz CT molecular complexity index is 579. The Balaban J connectivity index is 2.19. The van der Waals surface area contributed by atoms with E-state index in [1.807, 2.05) is 13.8 Å². The molecule has 0 atom stereocenters. The predicted octanol–water partition coefficient (Wildman–Crippen LogP) is 2.24. The van der Waals surface area contributed by atoms with Crippen LogP contribution in [0, 0.1) is 6.92 Å². The number of carbonyl (C=O) groups excluding carboxylic acids is 1. The van der Waals surface area contributed by atoms with Gasteiger partial charge in [0.05, 0.1) is 11.4 Å². The largest absolute Gasteiger partial charge is 0.397 e. The van der Waals surface area contributed by atoms with E-state index in [-0.39, 0.29) is 11.6 Å². The molecule has 18 heavy (non-hydrogen) atoms. The van der Waals surface area contributed by atoms with Gasteiger partial charge in [-0.3, -0.25) is 10.1 Å². The quantitative estimate of drug-likeness (QED) is 0.889. The van der Waals surface area contributed by atoms with Crippen LogP contribution in [0.3, 0.4) is 0 Å². The Kier molecular flexibility index (Phi) is 3.57. The summed E-state index contributed by atoms with van der Waals surface area (Å²) in [5.74, 6) is -0.329. The molecule has 0 radical (unpaired) electrons. The number of thiazole rings is 1. The molecule has 6 heteroatoms. The molecular weight excluding hydrogens is 248 g/mol. The van der Waals surface area contributed by atoms with Crippen LogP contribution in [0.2, 0.25) is 0 Å². The van der Waals surface area contributed by atoms with Crippen molar-refractivity contribution in [2.24, 2.45) is 0 Å². The molecule has 3 N–H and O–H groups in total. The third-order valence-corrected chi connectivity index (χ3v) is 3.43. The van der Waals surface area contributed by atoms with Gasteiger partial charge in [-0.1, -0.05) is 6.92 Å². The second-order valence-electron chi connectivity index (χ2n) is 3.77. The highest BCUT2D eigenvalue weighted by Gasteiger charge is 2.14. The van der Waals surface area contributed by atoms with Gasteiger partial charge in [-0.2, -0.15) is 0 Å². The first-order chi connectivity index (χ1) is 8.61. The number of hydrogen-bond donors (Lipinski definition) is 2. The number of nitrogens with one attached hydrogen (secondary N) is 1. The van der Waals surface area contributed by atoms with Crippen LogP contribution in [0.15, 0.2) is 18.3 Å². The molecule has 2 rings (SSSR count). The Morgan fingerprint density at radius 2 is 2.33 bits per heavy atom. The minimum Gasteiger partial charge on any atom is -0.397 e. The molecule has 0 aliphatic heterocycles. The molecule has 0 spiro atoms. The molecule has 94 valence electrons. The highest BCUT2D eigenvalue weighted by Crippen LogP contribution is 2.23. The molecule has 2 aromatic heterocycles. The van der Waals surface area contributed by atoms with Crippen LogP contribution in [0.1, 0.15) is 28.0 Å².